The number of nitrogens with two attached hydrogens (primary N) is 1. The summed E-state index contributed by atoms with van der Waals surface area (Å²) in [4.78, 5) is 0. The van der Waals surface area contributed by atoms with Crippen molar-refractivity contribution in [1.29, 1.82) is 0 Å². The molecular formula is C3H7N3S2. The largest absolute Gasteiger partial charge is 0.315 e. The van der Waals surface area contributed by atoms with Gasteiger partial charge < -0.3 is 5.43 Å². The molecule has 0 radical (unpaired) electrons. The Kier molecular flexibility index (Phi) is 2.07. The molecule has 1 rings (SSSR count). The third-order valence-electron chi connectivity index (χ3n) is 0.798. The smallest absolute Gasteiger partial charge is 0.106 e. The van der Waals surface area contributed by atoms with E-state index in [1.807, 2.05) is 6.08 Å². The maximum Gasteiger partial charge on any atom is 0.106 e. The van der Waals surface area contributed by atoms with Gasteiger partial charge in [0, 0.05) is 0 Å². The summed E-state index contributed by atoms with van der Waals surface area (Å²) < 4.78 is 0. The van der Waals surface area contributed by atoms with E-state index in [0.717, 1.165) is 5.03 Å². The summed E-state index contributed by atoms with van der Waals surface area (Å²) in [6, 6.07) is 0. The fourth-order valence-electron chi connectivity index (χ4n) is 0.445. The Morgan fingerprint density at radius 1 is 1.88 bits per heavy atom. The highest BCUT2D eigenvalue weighted by Crippen LogP contribution is 2.09. The van der Waals surface area contributed by atoms with E-state index >= 15 is 0 Å². The lowest BCUT2D eigenvalue weighted by Crippen LogP contribution is -2.29. The normalized spacial score (nSPS) is 27.2. The van der Waals surface area contributed by atoms with E-state index in [4.69, 9.17) is 5.14 Å². The van der Waals surface area contributed by atoms with Crippen molar-refractivity contribution >= 4 is 24.6 Å². The Bertz CT molecular complexity index is 113. The summed E-state index contributed by atoms with van der Waals surface area (Å²) in [5, 5.41) is 6.23. The molecular weight excluding hydrogens is 142 g/mol. The Morgan fingerprint density at radius 2 is 2.62 bits per heavy atom. The van der Waals surface area contributed by atoms with E-state index in [1.165, 1.54) is 11.9 Å². The van der Waals surface area contributed by atoms with Gasteiger partial charge in [-0.05, 0) is 6.08 Å². The third-order valence-corrected chi connectivity index (χ3v) is 1.61. The number of hydrazine groups is 1. The summed E-state index contributed by atoms with van der Waals surface area (Å²) in [6.07, 6.45) is 1.90. The van der Waals surface area contributed by atoms with E-state index in [9.17, 15) is 0 Å². The molecule has 0 amide bonds. The fraction of sp³-hybridized carbons (Fsp3) is 0.333. The van der Waals surface area contributed by atoms with Gasteiger partial charge in [0.05, 0.1) is 5.03 Å². The minimum atomic E-state index is 0.169. The molecule has 8 heavy (non-hydrogen) atoms. The minimum absolute atomic E-state index is 0.169. The number of hydrogen-bond acceptors (Lipinski definition) is 5. The van der Waals surface area contributed by atoms with E-state index in [1.54, 1.807) is 0 Å². The molecule has 1 heterocycles. The van der Waals surface area contributed by atoms with Gasteiger partial charge in [-0.1, -0.05) is 11.9 Å². The van der Waals surface area contributed by atoms with Crippen molar-refractivity contribution in [3.63, 3.8) is 0 Å². The van der Waals surface area contributed by atoms with Crippen molar-refractivity contribution in [3.8, 4) is 0 Å². The van der Waals surface area contributed by atoms with Crippen LogP contribution < -0.4 is 16.0 Å². The molecule has 4 N–H and O–H groups in total. The lowest BCUT2D eigenvalue weighted by Gasteiger charge is -2.01. The SMILES string of the molecule is NS[C@@H]1C=C(S)NN1. The lowest BCUT2D eigenvalue weighted by molar-refractivity contribution is 0.694. The highest BCUT2D eigenvalue weighted by atomic mass is 32.2. The van der Waals surface area contributed by atoms with Crippen LogP contribution in [0.25, 0.3) is 0 Å². The molecule has 0 saturated carbocycles. The predicted octanol–water partition coefficient (Wildman–Crippen LogP) is -0.202. The molecule has 0 aliphatic carbocycles. The highest BCUT2D eigenvalue weighted by molar-refractivity contribution is 7.97. The molecule has 0 aromatic heterocycles. The van der Waals surface area contributed by atoms with Gasteiger partial charge in [-0.3, -0.25) is 5.14 Å². The van der Waals surface area contributed by atoms with Crippen molar-refractivity contribution in [2.75, 3.05) is 0 Å². The summed E-state index contributed by atoms with van der Waals surface area (Å²) in [7, 11) is 0. The van der Waals surface area contributed by atoms with Crippen LogP contribution in [-0.2, 0) is 0 Å². The van der Waals surface area contributed by atoms with Crippen LogP contribution >= 0.6 is 24.6 Å². The zero-order valence-corrected chi connectivity index (χ0v) is 5.80. The standard InChI is InChI=1S/C3H7N3S2/c4-8-3-1-2(7)5-6-3/h1,3,5-7H,4H2/t3-/m1/s1. The van der Waals surface area contributed by atoms with Crippen LogP contribution in [0.4, 0.5) is 0 Å². The van der Waals surface area contributed by atoms with Gasteiger partial charge in [-0.15, -0.1) is 12.6 Å². The molecule has 3 nitrogen and oxygen atoms in total. The molecule has 1 atom stereocenters. The summed E-state index contributed by atoms with van der Waals surface area (Å²) in [6.45, 7) is 0. The Balaban J connectivity index is 2.41. The van der Waals surface area contributed by atoms with Gasteiger partial charge in [0.2, 0.25) is 0 Å². The van der Waals surface area contributed by atoms with Gasteiger partial charge >= 0.3 is 0 Å². The minimum Gasteiger partial charge on any atom is -0.315 e. The first kappa shape index (κ1) is 6.28. The molecule has 0 saturated heterocycles. The fourth-order valence-corrected chi connectivity index (χ4v) is 1.10. The maximum absolute atomic E-state index is 5.23. The number of nitrogens with one attached hydrogen (secondary N) is 2. The van der Waals surface area contributed by atoms with Gasteiger partial charge in [-0.2, -0.15) is 0 Å². The zero-order chi connectivity index (χ0) is 5.98. The third kappa shape index (κ3) is 1.32. The topological polar surface area (TPSA) is 50.1 Å². The molecule has 0 fully saturated rings. The second-order valence-corrected chi connectivity index (χ2v) is 2.64. The molecule has 0 bridgehead atoms. The molecule has 0 aromatic rings. The first-order chi connectivity index (χ1) is 3.83. The summed E-state index contributed by atoms with van der Waals surface area (Å²) in [5.41, 5.74) is 5.67. The number of thiol groups is 1. The second-order valence-electron chi connectivity index (χ2n) is 1.38. The average molecular weight is 149 g/mol. The van der Waals surface area contributed by atoms with Crippen molar-refractivity contribution in [2.45, 2.75) is 5.37 Å². The van der Waals surface area contributed by atoms with Crippen molar-refractivity contribution in [2.24, 2.45) is 5.14 Å². The van der Waals surface area contributed by atoms with Gasteiger partial charge in [-0.25, -0.2) is 5.43 Å². The molecule has 0 spiro atoms. The molecule has 46 valence electrons. The zero-order valence-electron chi connectivity index (χ0n) is 4.09. The Labute approximate surface area is 57.6 Å². The van der Waals surface area contributed by atoms with Crippen LogP contribution in [0.2, 0.25) is 0 Å². The first-order valence-corrected chi connectivity index (χ1v) is 3.50. The van der Waals surface area contributed by atoms with Crippen LogP contribution in [0.1, 0.15) is 0 Å². The first-order valence-electron chi connectivity index (χ1n) is 2.11. The van der Waals surface area contributed by atoms with E-state index < -0.39 is 0 Å². The monoisotopic (exact) mass is 149 g/mol. The van der Waals surface area contributed by atoms with Crippen LogP contribution in [0.3, 0.4) is 0 Å². The molecule has 0 unspecified atom stereocenters. The van der Waals surface area contributed by atoms with Crippen molar-refractivity contribution < 1.29 is 0 Å². The van der Waals surface area contributed by atoms with Crippen LogP contribution in [0.5, 0.6) is 0 Å². The maximum atomic E-state index is 5.23. The van der Waals surface area contributed by atoms with E-state index in [-0.39, 0.29) is 5.37 Å². The van der Waals surface area contributed by atoms with E-state index in [2.05, 4.69) is 23.5 Å². The van der Waals surface area contributed by atoms with Crippen molar-refractivity contribution in [3.05, 3.63) is 11.1 Å². The van der Waals surface area contributed by atoms with Gasteiger partial charge in [0.25, 0.3) is 0 Å². The van der Waals surface area contributed by atoms with Gasteiger partial charge in [0.15, 0.2) is 0 Å². The highest BCUT2D eigenvalue weighted by Gasteiger charge is 2.09. The number of rotatable bonds is 1. The molecule has 1 aliphatic heterocycles. The molecule has 1 aliphatic rings. The summed E-state index contributed by atoms with van der Waals surface area (Å²) >= 11 is 5.26. The average Bonchev–Trinajstić information content (AvgIpc) is 2.14. The second kappa shape index (κ2) is 2.63. The quantitative estimate of drug-likeness (QED) is 0.308. The number of hydrogen-bond donors (Lipinski definition) is 4. The predicted molar refractivity (Wildman–Crippen MR) is 38.9 cm³/mol. The lowest BCUT2D eigenvalue weighted by atomic mass is 10.6. The molecule has 5 heteroatoms. The van der Waals surface area contributed by atoms with Crippen molar-refractivity contribution in [1.82, 2.24) is 10.9 Å². The molecule has 0 aromatic carbocycles. The van der Waals surface area contributed by atoms with Crippen LogP contribution in [0, 0.1) is 0 Å². The van der Waals surface area contributed by atoms with Crippen LogP contribution in [-0.4, -0.2) is 5.37 Å². The Morgan fingerprint density at radius 3 is 2.88 bits per heavy atom. The summed E-state index contributed by atoms with van der Waals surface area (Å²) in [5.74, 6) is 0. The van der Waals surface area contributed by atoms with Crippen LogP contribution in [0.15, 0.2) is 11.1 Å². The Hall–Kier alpha value is 0.160. The van der Waals surface area contributed by atoms with E-state index in [0.29, 0.717) is 0 Å². The van der Waals surface area contributed by atoms with Gasteiger partial charge in [0.1, 0.15) is 5.37 Å².